The highest BCUT2D eigenvalue weighted by molar-refractivity contribution is 5.77. The molecule has 0 aliphatic carbocycles. The molecule has 1 saturated heterocycles. The Morgan fingerprint density at radius 2 is 2.18 bits per heavy atom. The summed E-state index contributed by atoms with van der Waals surface area (Å²) in [7, 11) is 1.58. The lowest BCUT2D eigenvalue weighted by Gasteiger charge is -2.21. The van der Waals surface area contributed by atoms with E-state index in [1.807, 2.05) is 24.3 Å². The van der Waals surface area contributed by atoms with Gasteiger partial charge in [-0.1, -0.05) is 17.3 Å². The van der Waals surface area contributed by atoms with Crippen molar-refractivity contribution in [2.45, 2.75) is 19.3 Å². The Hall–Kier alpha value is -2.94. The van der Waals surface area contributed by atoms with Crippen molar-refractivity contribution < 1.29 is 28.7 Å². The van der Waals surface area contributed by atoms with E-state index in [1.165, 1.54) is 0 Å². The number of para-hydroxylation sites is 1. The standard InChI is InChI=1S/C19H23N3O6/c1-26-15-6-3-2-5-14(15)18-20-16(28-21-18)7-4-8-17(23)22-9-10-27-12-13(11-22)19(24)25/h2-3,5-6,13H,4,7-12H2,1H3,(H,24,25). The number of carboxylic acid groups (broad SMARTS) is 1. The quantitative estimate of drug-likeness (QED) is 0.760. The van der Waals surface area contributed by atoms with Gasteiger partial charge >= 0.3 is 5.97 Å². The summed E-state index contributed by atoms with van der Waals surface area (Å²) < 4.78 is 15.8. The maximum atomic E-state index is 12.4. The van der Waals surface area contributed by atoms with Gasteiger partial charge in [-0.25, -0.2) is 0 Å². The van der Waals surface area contributed by atoms with Gasteiger partial charge < -0.3 is 24.0 Å². The molecule has 9 heteroatoms. The van der Waals surface area contributed by atoms with Crippen LogP contribution in [0.3, 0.4) is 0 Å². The normalized spacial score (nSPS) is 17.2. The molecule has 1 aromatic carbocycles. The first kappa shape index (κ1) is 19.8. The zero-order chi connectivity index (χ0) is 19.9. The molecule has 0 saturated carbocycles. The number of amides is 1. The van der Waals surface area contributed by atoms with Crippen molar-refractivity contribution in [3.8, 4) is 17.1 Å². The van der Waals surface area contributed by atoms with Gasteiger partial charge in [0.1, 0.15) is 5.75 Å². The molecule has 2 aromatic rings. The molecule has 0 bridgehead atoms. The van der Waals surface area contributed by atoms with Gasteiger partial charge in [-0.15, -0.1) is 0 Å². The fourth-order valence-corrected chi connectivity index (χ4v) is 3.03. The number of carboxylic acids is 1. The van der Waals surface area contributed by atoms with Gasteiger partial charge in [0.2, 0.25) is 17.6 Å². The second-order valence-corrected chi connectivity index (χ2v) is 6.52. The highest BCUT2D eigenvalue weighted by Gasteiger charge is 2.26. The number of carbonyl (C=O) groups is 2. The Morgan fingerprint density at radius 3 is 2.96 bits per heavy atom. The summed E-state index contributed by atoms with van der Waals surface area (Å²) in [5.74, 6) is -0.202. The summed E-state index contributed by atoms with van der Waals surface area (Å²) in [5, 5.41) is 13.1. The summed E-state index contributed by atoms with van der Waals surface area (Å²) in [6.07, 6.45) is 1.26. The third kappa shape index (κ3) is 4.86. The van der Waals surface area contributed by atoms with Crippen molar-refractivity contribution in [3.63, 3.8) is 0 Å². The molecule has 1 fully saturated rings. The van der Waals surface area contributed by atoms with Crippen LogP contribution in [-0.4, -0.2) is 65.4 Å². The molecule has 2 heterocycles. The molecule has 1 aromatic heterocycles. The number of nitrogens with zero attached hydrogens (tertiary/aromatic N) is 3. The first-order valence-corrected chi connectivity index (χ1v) is 9.12. The molecule has 1 amide bonds. The molecule has 1 atom stereocenters. The predicted molar refractivity (Wildman–Crippen MR) is 97.7 cm³/mol. The van der Waals surface area contributed by atoms with E-state index >= 15 is 0 Å². The number of benzene rings is 1. The zero-order valence-corrected chi connectivity index (χ0v) is 15.7. The van der Waals surface area contributed by atoms with Gasteiger partial charge in [0.15, 0.2) is 0 Å². The number of hydrogen-bond donors (Lipinski definition) is 1. The minimum atomic E-state index is -0.950. The van der Waals surface area contributed by atoms with Crippen LogP contribution in [0.15, 0.2) is 28.8 Å². The molecule has 1 aliphatic rings. The lowest BCUT2D eigenvalue weighted by Crippen LogP contribution is -2.38. The van der Waals surface area contributed by atoms with E-state index in [4.69, 9.17) is 19.1 Å². The Labute approximate surface area is 162 Å². The average Bonchev–Trinajstić information content (AvgIpc) is 3.02. The number of aryl methyl sites for hydroxylation is 1. The Kier molecular flexibility index (Phi) is 6.59. The largest absolute Gasteiger partial charge is 0.496 e. The van der Waals surface area contributed by atoms with Crippen LogP contribution in [-0.2, 0) is 20.7 Å². The SMILES string of the molecule is COc1ccccc1-c1noc(CCCC(=O)N2CCOCC(C(=O)O)C2)n1. The van der Waals surface area contributed by atoms with Crippen LogP contribution in [0.25, 0.3) is 11.4 Å². The third-order valence-electron chi connectivity index (χ3n) is 4.56. The third-order valence-corrected chi connectivity index (χ3v) is 4.56. The number of hydrogen-bond acceptors (Lipinski definition) is 7. The number of rotatable bonds is 7. The molecule has 1 N–H and O–H groups in total. The van der Waals surface area contributed by atoms with Crippen LogP contribution >= 0.6 is 0 Å². The molecular formula is C19H23N3O6. The van der Waals surface area contributed by atoms with Gasteiger partial charge in [-0.2, -0.15) is 4.98 Å². The summed E-state index contributed by atoms with van der Waals surface area (Å²) in [4.78, 5) is 29.5. The highest BCUT2D eigenvalue weighted by Crippen LogP contribution is 2.27. The lowest BCUT2D eigenvalue weighted by molar-refractivity contribution is -0.144. The van der Waals surface area contributed by atoms with Gasteiger partial charge in [0, 0.05) is 25.9 Å². The molecule has 0 spiro atoms. The first-order chi connectivity index (χ1) is 13.6. The maximum Gasteiger partial charge on any atom is 0.310 e. The van der Waals surface area contributed by atoms with Crippen molar-refractivity contribution in [3.05, 3.63) is 30.2 Å². The fraction of sp³-hybridized carbons (Fsp3) is 0.474. The van der Waals surface area contributed by atoms with Crippen LogP contribution in [0, 0.1) is 5.92 Å². The number of methoxy groups -OCH3 is 1. The van der Waals surface area contributed by atoms with Crippen LogP contribution in [0.5, 0.6) is 5.75 Å². The van der Waals surface area contributed by atoms with E-state index in [0.29, 0.717) is 43.5 Å². The van der Waals surface area contributed by atoms with Crippen LogP contribution in [0.1, 0.15) is 18.7 Å². The fourth-order valence-electron chi connectivity index (χ4n) is 3.03. The Morgan fingerprint density at radius 1 is 1.36 bits per heavy atom. The van der Waals surface area contributed by atoms with Crippen molar-refractivity contribution in [2.75, 3.05) is 33.4 Å². The Balaban J connectivity index is 1.53. The van der Waals surface area contributed by atoms with E-state index in [9.17, 15) is 9.59 Å². The number of aliphatic carboxylic acids is 1. The first-order valence-electron chi connectivity index (χ1n) is 9.12. The smallest absolute Gasteiger partial charge is 0.310 e. The number of carbonyl (C=O) groups excluding carboxylic acids is 1. The monoisotopic (exact) mass is 389 g/mol. The van der Waals surface area contributed by atoms with Crippen molar-refractivity contribution in [2.24, 2.45) is 5.92 Å². The average molecular weight is 389 g/mol. The van der Waals surface area contributed by atoms with Gasteiger partial charge in [-0.05, 0) is 18.6 Å². The number of ether oxygens (including phenoxy) is 2. The van der Waals surface area contributed by atoms with E-state index < -0.39 is 11.9 Å². The molecule has 1 unspecified atom stereocenters. The van der Waals surface area contributed by atoms with Gasteiger partial charge in [-0.3, -0.25) is 9.59 Å². The Bertz CT molecular complexity index is 822. The molecule has 9 nitrogen and oxygen atoms in total. The van der Waals surface area contributed by atoms with E-state index in [-0.39, 0.29) is 25.5 Å². The van der Waals surface area contributed by atoms with E-state index in [0.717, 1.165) is 5.56 Å². The molecule has 150 valence electrons. The lowest BCUT2D eigenvalue weighted by atomic mass is 10.1. The minimum absolute atomic E-state index is 0.0961. The van der Waals surface area contributed by atoms with Crippen molar-refractivity contribution >= 4 is 11.9 Å². The summed E-state index contributed by atoms with van der Waals surface area (Å²) in [5.41, 5.74) is 0.736. The second-order valence-electron chi connectivity index (χ2n) is 6.52. The molecule has 28 heavy (non-hydrogen) atoms. The predicted octanol–water partition coefficient (Wildman–Crippen LogP) is 1.63. The zero-order valence-electron chi connectivity index (χ0n) is 15.7. The van der Waals surface area contributed by atoms with E-state index in [1.54, 1.807) is 12.0 Å². The van der Waals surface area contributed by atoms with Gasteiger partial charge in [0.05, 0.1) is 31.8 Å². The minimum Gasteiger partial charge on any atom is -0.496 e. The van der Waals surface area contributed by atoms with E-state index in [2.05, 4.69) is 10.1 Å². The van der Waals surface area contributed by atoms with Crippen LogP contribution < -0.4 is 4.74 Å². The molecule has 3 rings (SSSR count). The topological polar surface area (TPSA) is 115 Å². The summed E-state index contributed by atoms with van der Waals surface area (Å²) in [6, 6.07) is 7.39. The summed E-state index contributed by atoms with van der Waals surface area (Å²) in [6.45, 7) is 1.06. The van der Waals surface area contributed by atoms with Crippen LogP contribution in [0.2, 0.25) is 0 Å². The van der Waals surface area contributed by atoms with Crippen LogP contribution in [0.4, 0.5) is 0 Å². The maximum absolute atomic E-state index is 12.4. The molecule has 0 radical (unpaired) electrons. The summed E-state index contributed by atoms with van der Waals surface area (Å²) >= 11 is 0. The molecular weight excluding hydrogens is 366 g/mol. The molecule has 1 aliphatic heterocycles. The van der Waals surface area contributed by atoms with Gasteiger partial charge in [0.25, 0.3) is 0 Å². The van der Waals surface area contributed by atoms with Crippen molar-refractivity contribution in [1.82, 2.24) is 15.0 Å². The second kappa shape index (κ2) is 9.32. The highest BCUT2D eigenvalue weighted by atomic mass is 16.5. The van der Waals surface area contributed by atoms with Crippen molar-refractivity contribution in [1.29, 1.82) is 0 Å². The number of aromatic nitrogens is 2.